The number of hydrogen-bond donors (Lipinski definition) is 1. The zero-order valence-electron chi connectivity index (χ0n) is 7.47. The van der Waals surface area contributed by atoms with Gasteiger partial charge >= 0.3 is 0 Å². The zero-order valence-corrected chi connectivity index (χ0v) is 7.47. The fraction of sp³-hybridized carbons (Fsp3) is 0.556. The molecule has 12 heavy (non-hydrogen) atoms. The summed E-state index contributed by atoms with van der Waals surface area (Å²) >= 11 is 0. The maximum atomic E-state index is 11.3. The van der Waals surface area contributed by atoms with Gasteiger partial charge in [-0.15, -0.1) is 0 Å². The highest BCUT2D eigenvalue weighted by Crippen LogP contribution is 2.26. The van der Waals surface area contributed by atoms with Crippen molar-refractivity contribution >= 4 is 11.6 Å². The third-order valence-electron chi connectivity index (χ3n) is 2.32. The van der Waals surface area contributed by atoms with Crippen LogP contribution in [-0.2, 0) is 9.59 Å². The van der Waals surface area contributed by atoms with E-state index in [4.69, 9.17) is 0 Å². The standard InChI is InChI=1S/C9H12O3/c1-5-6(2)8(11)9(3,12)4-7(5)10/h12H,4H2,1-3H3/t9-/m1/s1. The van der Waals surface area contributed by atoms with E-state index in [1.807, 2.05) is 0 Å². The molecule has 0 aromatic heterocycles. The smallest absolute Gasteiger partial charge is 0.190 e. The number of carbonyl (C=O) groups is 2. The lowest BCUT2D eigenvalue weighted by molar-refractivity contribution is -0.138. The molecule has 0 unspecified atom stereocenters. The van der Waals surface area contributed by atoms with Crippen LogP contribution >= 0.6 is 0 Å². The van der Waals surface area contributed by atoms with Crippen molar-refractivity contribution in [2.45, 2.75) is 32.8 Å². The van der Waals surface area contributed by atoms with Gasteiger partial charge in [0.15, 0.2) is 11.6 Å². The van der Waals surface area contributed by atoms with Gasteiger partial charge in [0.2, 0.25) is 0 Å². The fourth-order valence-corrected chi connectivity index (χ4v) is 1.31. The first-order valence-electron chi connectivity index (χ1n) is 3.84. The summed E-state index contributed by atoms with van der Waals surface area (Å²) in [5.41, 5.74) is -0.622. The Balaban J connectivity index is 3.19. The predicted octanol–water partition coefficient (Wildman–Crippen LogP) is 0.616. The Morgan fingerprint density at radius 2 is 1.75 bits per heavy atom. The first-order chi connectivity index (χ1) is 5.36. The first kappa shape index (κ1) is 9.13. The van der Waals surface area contributed by atoms with Crippen LogP contribution in [0.15, 0.2) is 11.1 Å². The molecule has 0 amide bonds. The highest BCUT2D eigenvalue weighted by atomic mass is 16.3. The lowest BCUT2D eigenvalue weighted by Gasteiger charge is -2.26. The third kappa shape index (κ3) is 1.20. The number of aliphatic hydroxyl groups is 1. The normalized spacial score (nSPS) is 31.3. The largest absolute Gasteiger partial charge is 0.382 e. The molecule has 0 heterocycles. The molecule has 3 heteroatoms. The number of ketones is 2. The summed E-state index contributed by atoms with van der Waals surface area (Å²) in [5, 5.41) is 9.50. The van der Waals surface area contributed by atoms with Crippen molar-refractivity contribution in [3.63, 3.8) is 0 Å². The van der Waals surface area contributed by atoms with Crippen LogP contribution in [0.4, 0.5) is 0 Å². The van der Waals surface area contributed by atoms with E-state index in [1.54, 1.807) is 13.8 Å². The summed E-state index contributed by atoms with van der Waals surface area (Å²) in [6.45, 7) is 4.57. The van der Waals surface area contributed by atoms with Gasteiger partial charge in [-0.05, 0) is 26.3 Å². The molecule has 1 rings (SSSR count). The number of allylic oxidation sites excluding steroid dienone is 1. The van der Waals surface area contributed by atoms with E-state index < -0.39 is 5.60 Å². The summed E-state index contributed by atoms with van der Waals surface area (Å²) in [6, 6.07) is 0. The van der Waals surface area contributed by atoms with Crippen molar-refractivity contribution in [3.05, 3.63) is 11.1 Å². The van der Waals surface area contributed by atoms with Crippen molar-refractivity contribution in [1.82, 2.24) is 0 Å². The van der Waals surface area contributed by atoms with E-state index in [1.165, 1.54) is 6.92 Å². The molecule has 1 N–H and O–H groups in total. The van der Waals surface area contributed by atoms with Gasteiger partial charge in [0.1, 0.15) is 5.60 Å². The van der Waals surface area contributed by atoms with Gasteiger partial charge in [0.05, 0.1) is 0 Å². The summed E-state index contributed by atoms with van der Waals surface area (Å²) in [4.78, 5) is 22.5. The van der Waals surface area contributed by atoms with Gasteiger partial charge in [-0.25, -0.2) is 0 Å². The monoisotopic (exact) mass is 168 g/mol. The minimum Gasteiger partial charge on any atom is -0.382 e. The van der Waals surface area contributed by atoms with E-state index in [9.17, 15) is 14.7 Å². The van der Waals surface area contributed by atoms with Crippen LogP contribution in [0.25, 0.3) is 0 Å². The SMILES string of the molecule is CC1=C(C)C(=O)[C@](C)(O)CC1=O. The molecule has 0 spiro atoms. The molecule has 0 aromatic rings. The second-order valence-corrected chi connectivity index (χ2v) is 3.45. The molecule has 1 aliphatic carbocycles. The molecular weight excluding hydrogens is 156 g/mol. The highest BCUT2D eigenvalue weighted by Gasteiger charge is 2.39. The molecular formula is C9H12O3. The Kier molecular flexibility index (Phi) is 1.92. The molecule has 0 aromatic carbocycles. The number of Topliss-reactive ketones (excluding diaryl/α,β-unsaturated/α-hetero) is 2. The van der Waals surface area contributed by atoms with Crippen LogP contribution in [0.5, 0.6) is 0 Å². The lowest BCUT2D eigenvalue weighted by atomic mass is 9.81. The molecule has 0 bridgehead atoms. The average Bonchev–Trinajstić information content (AvgIpc) is 1.97. The van der Waals surface area contributed by atoms with E-state index in [2.05, 4.69) is 0 Å². The molecule has 1 atom stereocenters. The van der Waals surface area contributed by atoms with Gasteiger partial charge in [0.25, 0.3) is 0 Å². The van der Waals surface area contributed by atoms with Crippen molar-refractivity contribution in [2.75, 3.05) is 0 Å². The van der Waals surface area contributed by atoms with Crippen molar-refractivity contribution in [2.24, 2.45) is 0 Å². The number of rotatable bonds is 0. The van der Waals surface area contributed by atoms with Crippen molar-refractivity contribution in [3.8, 4) is 0 Å². The van der Waals surface area contributed by atoms with Gasteiger partial charge in [0, 0.05) is 12.0 Å². The van der Waals surface area contributed by atoms with Crippen LogP contribution in [0.1, 0.15) is 27.2 Å². The minimum atomic E-state index is -1.49. The maximum absolute atomic E-state index is 11.3. The van der Waals surface area contributed by atoms with Gasteiger partial charge in [-0.1, -0.05) is 0 Å². The number of hydrogen-bond acceptors (Lipinski definition) is 3. The molecule has 3 nitrogen and oxygen atoms in total. The summed E-state index contributed by atoms with van der Waals surface area (Å²) < 4.78 is 0. The molecule has 1 aliphatic rings. The first-order valence-corrected chi connectivity index (χ1v) is 3.84. The second kappa shape index (κ2) is 2.52. The van der Waals surface area contributed by atoms with Crippen LogP contribution in [0, 0.1) is 0 Å². The van der Waals surface area contributed by atoms with Crippen LogP contribution < -0.4 is 0 Å². The Morgan fingerprint density at radius 1 is 1.25 bits per heavy atom. The molecule has 0 saturated heterocycles. The summed E-state index contributed by atoms with van der Waals surface area (Å²) in [7, 11) is 0. The minimum absolute atomic E-state index is 0.0883. The van der Waals surface area contributed by atoms with Crippen molar-refractivity contribution in [1.29, 1.82) is 0 Å². The third-order valence-corrected chi connectivity index (χ3v) is 2.32. The molecule has 66 valence electrons. The van der Waals surface area contributed by atoms with Crippen LogP contribution in [-0.4, -0.2) is 22.3 Å². The Morgan fingerprint density at radius 3 is 2.25 bits per heavy atom. The summed E-state index contributed by atoms with van der Waals surface area (Å²) in [6.07, 6.45) is -0.0883. The predicted molar refractivity (Wildman–Crippen MR) is 43.6 cm³/mol. The molecule has 0 radical (unpaired) electrons. The highest BCUT2D eigenvalue weighted by molar-refractivity contribution is 6.14. The van der Waals surface area contributed by atoms with Crippen LogP contribution in [0.2, 0.25) is 0 Å². The van der Waals surface area contributed by atoms with Gasteiger partial charge in [-0.3, -0.25) is 9.59 Å². The van der Waals surface area contributed by atoms with E-state index in [0.717, 1.165) is 0 Å². The quantitative estimate of drug-likeness (QED) is 0.576. The van der Waals surface area contributed by atoms with E-state index >= 15 is 0 Å². The Bertz CT molecular complexity index is 284. The lowest BCUT2D eigenvalue weighted by Crippen LogP contribution is -2.42. The molecule has 0 fully saturated rings. The Labute approximate surface area is 71.1 Å². The molecule has 0 saturated carbocycles. The van der Waals surface area contributed by atoms with E-state index in [0.29, 0.717) is 11.1 Å². The Hall–Kier alpha value is -0.960. The maximum Gasteiger partial charge on any atom is 0.190 e. The van der Waals surface area contributed by atoms with Gasteiger partial charge < -0.3 is 5.11 Å². The number of carbonyl (C=O) groups excluding carboxylic acids is 2. The second-order valence-electron chi connectivity index (χ2n) is 3.45. The summed E-state index contributed by atoms with van der Waals surface area (Å²) in [5.74, 6) is -0.475. The average molecular weight is 168 g/mol. The fourth-order valence-electron chi connectivity index (χ4n) is 1.31. The van der Waals surface area contributed by atoms with Crippen molar-refractivity contribution < 1.29 is 14.7 Å². The zero-order chi connectivity index (χ0) is 9.52. The van der Waals surface area contributed by atoms with Crippen LogP contribution in [0.3, 0.4) is 0 Å². The molecule has 0 aliphatic heterocycles. The topological polar surface area (TPSA) is 54.4 Å². The van der Waals surface area contributed by atoms with Gasteiger partial charge in [-0.2, -0.15) is 0 Å². The van der Waals surface area contributed by atoms with E-state index in [-0.39, 0.29) is 18.0 Å².